The molecule has 0 aromatic heterocycles. The van der Waals surface area contributed by atoms with E-state index < -0.39 is 0 Å². The van der Waals surface area contributed by atoms with E-state index in [4.69, 9.17) is 5.73 Å². The molecule has 0 atom stereocenters. The summed E-state index contributed by atoms with van der Waals surface area (Å²) in [6.07, 6.45) is 5.58. The minimum Gasteiger partial charge on any atom is -0.330 e. The zero-order valence-electron chi connectivity index (χ0n) is 9.31. The van der Waals surface area contributed by atoms with Crippen molar-refractivity contribution in [1.29, 1.82) is 0 Å². The van der Waals surface area contributed by atoms with Gasteiger partial charge in [0.1, 0.15) is 5.82 Å². The Morgan fingerprint density at radius 2 is 1.94 bits per heavy atom. The van der Waals surface area contributed by atoms with Gasteiger partial charge in [-0.25, -0.2) is 4.39 Å². The van der Waals surface area contributed by atoms with E-state index in [9.17, 15) is 4.39 Å². The van der Waals surface area contributed by atoms with Crippen molar-refractivity contribution < 1.29 is 4.39 Å². The van der Waals surface area contributed by atoms with Crippen LogP contribution in [0.15, 0.2) is 22.7 Å². The van der Waals surface area contributed by atoms with Gasteiger partial charge in [-0.05, 0) is 40.4 Å². The minimum absolute atomic E-state index is 0.130. The summed E-state index contributed by atoms with van der Waals surface area (Å²) >= 11 is 3.25. The van der Waals surface area contributed by atoms with E-state index in [2.05, 4.69) is 15.9 Å². The molecule has 0 amide bonds. The summed E-state index contributed by atoms with van der Waals surface area (Å²) < 4.78 is 14.7. The van der Waals surface area contributed by atoms with Crippen molar-refractivity contribution in [2.45, 2.75) is 37.5 Å². The molecule has 1 aromatic carbocycles. The van der Waals surface area contributed by atoms with Crippen LogP contribution in [0.3, 0.4) is 0 Å². The van der Waals surface area contributed by atoms with Gasteiger partial charge in [0.05, 0.1) is 4.47 Å². The molecule has 1 saturated carbocycles. The molecule has 0 aliphatic heterocycles. The van der Waals surface area contributed by atoms with Gasteiger partial charge < -0.3 is 5.73 Å². The molecule has 16 heavy (non-hydrogen) atoms. The fourth-order valence-corrected chi connectivity index (χ4v) is 3.09. The third-order valence-electron chi connectivity index (χ3n) is 3.72. The number of rotatable bonds is 2. The molecule has 2 rings (SSSR count). The van der Waals surface area contributed by atoms with Gasteiger partial charge in [0.15, 0.2) is 0 Å². The van der Waals surface area contributed by atoms with Crippen LogP contribution < -0.4 is 5.73 Å². The standard InChI is InChI=1S/C13H17BrFN/c14-11-6-4-5-10(12(11)15)13(9-16)7-2-1-3-8-13/h4-6H,1-3,7-9,16H2. The topological polar surface area (TPSA) is 26.0 Å². The molecule has 1 aliphatic carbocycles. The predicted octanol–water partition coefficient (Wildman–Crippen LogP) is 3.75. The molecule has 0 bridgehead atoms. The van der Waals surface area contributed by atoms with Gasteiger partial charge in [0, 0.05) is 12.0 Å². The number of nitrogens with two attached hydrogens (primary N) is 1. The van der Waals surface area contributed by atoms with Crippen molar-refractivity contribution in [3.05, 3.63) is 34.1 Å². The van der Waals surface area contributed by atoms with Gasteiger partial charge in [-0.2, -0.15) is 0 Å². The number of hydrogen-bond acceptors (Lipinski definition) is 1. The summed E-state index contributed by atoms with van der Waals surface area (Å²) in [7, 11) is 0. The van der Waals surface area contributed by atoms with Gasteiger partial charge in [0.2, 0.25) is 0 Å². The van der Waals surface area contributed by atoms with E-state index in [1.54, 1.807) is 6.07 Å². The average Bonchev–Trinajstić information content (AvgIpc) is 2.33. The maximum absolute atomic E-state index is 14.1. The molecule has 1 nitrogen and oxygen atoms in total. The molecule has 1 aliphatic rings. The fraction of sp³-hybridized carbons (Fsp3) is 0.538. The van der Waals surface area contributed by atoms with E-state index in [0.29, 0.717) is 11.0 Å². The molecule has 2 N–H and O–H groups in total. The van der Waals surface area contributed by atoms with Crippen molar-refractivity contribution in [3.8, 4) is 0 Å². The normalized spacial score (nSPS) is 19.7. The highest BCUT2D eigenvalue weighted by atomic mass is 79.9. The zero-order chi connectivity index (χ0) is 11.6. The Kier molecular flexibility index (Phi) is 3.65. The summed E-state index contributed by atoms with van der Waals surface area (Å²) in [6.45, 7) is 0.542. The first-order valence-electron chi connectivity index (χ1n) is 5.84. The Labute approximate surface area is 104 Å². The van der Waals surface area contributed by atoms with Crippen molar-refractivity contribution in [2.24, 2.45) is 5.73 Å². The second-order valence-corrected chi connectivity index (χ2v) is 5.50. The van der Waals surface area contributed by atoms with Crippen molar-refractivity contribution >= 4 is 15.9 Å². The quantitative estimate of drug-likeness (QED) is 0.880. The van der Waals surface area contributed by atoms with Crippen LogP contribution in [-0.4, -0.2) is 6.54 Å². The van der Waals surface area contributed by atoms with Gasteiger partial charge in [0.25, 0.3) is 0 Å². The molecular weight excluding hydrogens is 269 g/mol. The Hall–Kier alpha value is -0.410. The van der Waals surface area contributed by atoms with Crippen LogP contribution in [0.5, 0.6) is 0 Å². The lowest BCUT2D eigenvalue weighted by Crippen LogP contribution is -2.38. The van der Waals surface area contributed by atoms with Crippen LogP contribution in [0.1, 0.15) is 37.7 Å². The van der Waals surface area contributed by atoms with E-state index in [1.165, 1.54) is 6.42 Å². The molecule has 1 fully saturated rings. The summed E-state index contributed by atoms with van der Waals surface area (Å²) in [5.41, 5.74) is 6.57. The van der Waals surface area contributed by atoms with Crippen LogP contribution >= 0.6 is 15.9 Å². The van der Waals surface area contributed by atoms with Crippen molar-refractivity contribution in [1.82, 2.24) is 0 Å². The third kappa shape index (κ3) is 2.03. The Morgan fingerprint density at radius 3 is 2.56 bits per heavy atom. The zero-order valence-corrected chi connectivity index (χ0v) is 10.9. The second-order valence-electron chi connectivity index (χ2n) is 4.65. The average molecular weight is 286 g/mol. The predicted molar refractivity (Wildman–Crippen MR) is 67.9 cm³/mol. The van der Waals surface area contributed by atoms with E-state index in [-0.39, 0.29) is 11.2 Å². The number of halogens is 2. The lowest BCUT2D eigenvalue weighted by molar-refractivity contribution is 0.291. The smallest absolute Gasteiger partial charge is 0.141 e. The molecule has 88 valence electrons. The fourth-order valence-electron chi connectivity index (χ4n) is 2.73. The first-order chi connectivity index (χ1) is 7.69. The summed E-state index contributed by atoms with van der Waals surface area (Å²) in [5, 5.41) is 0. The molecule has 0 radical (unpaired) electrons. The van der Waals surface area contributed by atoms with Gasteiger partial charge in [-0.15, -0.1) is 0 Å². The van der Waals surface area contributed by atoms with Gasteiger partial charge >= 0.3 is 0 Å². The van der Waals surface area contributed by atoms with Crippen LogP contribution in [0, 0.1) is 5.82 Å². The summed E-state index contributed by atoms with van der Waals surface area (Å²) in [6, 6.07) is 5.53. The lowest BCUT2D eigenvalue weighted by atomic mass is 9.69. The van der Waals surface area contributed by atoms with Crippen LogP contribution in [0.2, 0.25) is 0 Å². The van der Waals surface area contributed by atoms with E-state index in [1.807, 2.05) is 12.1 Å². The molecule has 0 spiro atoms. The van der Waals surface area contributed by atoms with Crippen molar-refractivity contribution in [2.75, 3.05) is 6.54 Å². The maximum Gasteiger partial charge on any atom is 0.141 e. The van der Waals surface area contributed by atoms with Crippen LogP contribution in [0.25, 0.3) is 0 Å². The maximum atomic E-state index is 14.1. The van der Waals surface area contributed by atoms with E-state index in [0.717, 1.165) is 31.2 Å². The van der Waals surface area contributed by atoms with Gasteiger partial charge in [-0.3, -0.25) is 0 Å². The molecule has 3 heteroatoms. The van der Waals surface area contributed by atoms with Crippen molar-refractivity contribution in [3.63, 3.8) is 0 Å². The number of hydrogen-bond donors (Lipinski definition) is 1. The molecule has 0 saturated heterocycles. The Morgan fingerprint density at radius 1 is 1.25 bits per heavy atom. The Bertz CT molecular complexity index is 372. The highest BCUT2D eigenvalue weighted by Gasteiger charge is 2.35. The van der Waals surface area contributed by atoms with Crippen LogP contribution in [-0.2, 0) is 5.41 Å². The summed E-state index contributed by atoms with van der Waals surface area (Å²) in [4.78, 5) is 0. The molecular formula is C13H17BrFN. The van der Waals surface area contributed by atoms with E-state index >= 15 is 0 Å². The Balaban J connectivity index is 2.43. The monoisotopic (exact) mass is 285 g/mol. The first kappa shape index (κ1) is 12.1. The first-order valence-corrected chi connectivity index (χ1v) is 6.63. The summed E-state index contributed by atoms with van der Waals surface area (Å²) in [5.74, 6) is -0.130. The molecule has 0 unspecified atom stereocenters. The molecule has 0 heterocycles. The minimum atomic E-state index is -0.133. The van der Waals surface area contributed by atoms with Gasteiger partial charge in [-0.1, -0.05) is 31.4 Å². The second kappa shape index (κ2) is 4.84. The largest absolute Gasteiger partial charge is 0.330 e. The molecule has 1 aromatic rings. The number of benzene rings is 1. The lowest BCUT2D eigenvalue weighted by Gasteiger charge is -2.37. The SMILES string of the molecule is NCC1(c2cccc(Br)c2F)CCCCC1. The third-order valence-corrected chi connectivity index (χ3v) is 4.34. The highest BCUT2D eigenvalue weighted by molar-refractivity contribution is 9.10. The highest BCUT2D eigenvalue weighted by Crippen LogP contribution is 2.40. The van der Waals surface area contributed by atoms with Crippen LogP contribution in [0.4, 0.5) is 4.39 Å².